The van der Waals surface area contributed by atoms with Gasteiger partial charge >= 0.3 is 0 Å². The van der Waals surface area contributed by atoms with Crippen LogP contribution in [0.3, 0.4) is 0 Å². The number of sulfonamides is 1. The Balaban J connectivity index is 2.04. The Morgan fingerprint density at radius 1 is 0.923 bits per heavy atom. The molecule has 9 heteroatoms. The van der Waals surface area contributed by atoms with Crippen molar-refractivity contribution in [1.29, 1.82) is 0 Å². The van der Waals surface area contributed by atoms with Crippen LogP contribution in [-0.4, -0.2) is 50.4 Å². The summed E-state index contributed by atoms with van der Waals surface area (Å²) >= 11 is 0. The molecule has 0 fully saturated rings. The Hall–Kier alpha value is -3.85. The summed E-state index contributed by atoms with van der Waals surface area (Å²) in [4.78, 5) is 28.6. The number of anilines is 1. The average molecular weight is 552 g/mol. The molecule has 1 atom stereocenters. The maximum atomic E-state index is 14.0. The number of amides is 2. The third-order valence-electron chi connectivity index (χ3n) is 6.24. The molecule has 0 heterocycles. The molecule has 39 heavy (non-hydrogen) atoms. The summed E-state index contributed by atoms with van der Waals surface area (Å²) in [7, 11) is -2.60. The normalized spacial score (nSPS) is 12.4. The Morgan fingerprint density at radius 2 is 1.51 bits per heavy atom. The Bertz CT molecular complexity index is 1380. The number of carbonyl (C=O) groups is 2. The van der Waals surface area contributed by atoms with E-state index in [9.17, 15) is 18.0 Å². The van der Waals surface area contributed by atoms with Crippen molar-refractivity contribution in [2.45, 2.75) is 57.6 Å². The van der Waals surface area contributed by atoms with E-state index < -0.39 is 34.1 Å². The third-order valence-corrected chi connectivity index (χ3v) is 8.03. The first-order chi connectivity index (χ1) is 18.3. The monoisotopic (exact) mass is 551 g/mol. The molecule has 0 bridgehead atoms. The molecule has 0 unspecified atom stereocenters. The molecular formula is C30H37N3O5S. The van der Waals surface area contributed by atoms with Crippen molar-refractivity contribution in [1.82, 2.24) is 10.2 Å². The lowest BCUT2D eigenvalue weighted by molar-refractivity contribution is -0.140. The highest BCUT2D eigenvalue weighted by Crippen LogP contribution is 2.26. The zero-order valence-electron chi connectivity index (χ0n) is 23.3. The fourth-order valence-electron chi connectivity index (χ4n) is 4.02. The van der Waals surface area contributed by atoms with Gasteiger partial charge in [-0.05, 0) is 82.1 Å². The van der Waals surface area contributed by atoms with Crippen molar-refractivity contribution >= 4 is 27.5 Å². The quantitative estimate of drug-likeness (QED) is 0.399. The third kappa shape index (κ3) is 7.60. The van der Waals surface area contributed by atoms with Crippen molar-refractivity contribution in [2.24, 2.45) is 0 Å². The molecular weight excluding hydrogens is 514 g/mol. The average Bonchev–Trinajstić information content (AvgIpc) is 2.90. The number of hydrogen-bond acceptors (Lipinski definition) is 5. The van der Waals surface area contributed by atoms with Crippen molar-refractivity contribution < 1.29 is 22.7 Å². The van der Waals surface area contributed by atoms with Crippen LogP contribution in [0.1, 0.15) is 38.8 Å². The van der Waals surface area contributed by atoms with E-state index in [1.54, 1.807) is 49.4 Å². The summed E-state index contributed by atoms with van der Waals surface area (Å²) < 4.78 is 33.9. The molecule has 0 spiro atoms. The van der Waals surface area contributed by atoms with Crippen LogP contribution in [0, 0.1) is 6.92 Å². The molecule has 2 amide bonds. The van der Waals surface area contributed by atoms with Gasteiger partial charge in [-0.2, -0.15) is 0 Å². The number of benzene rings is 3. The minimum absolute atomic E-state index is 0.0533. The van der Waals surface area contributed by atoms with Crippen LogP contribution in [0.5, 0.6) is 5.75 Å². The van der Waals surface area contributed by atoms with Gasteiger partial charge in [0.25, 0.3) is 10.0 Å². The molecule has 0 aliphatic carbocycles. The fraction of sp³-hybridized carbons (Fsp3) is 0.333. The van der Waals surface area contributed by atoms with Gasteiger partial charge in [0, 0.05) is 12.1 Å². The second-order valence-electron chi connectivity index (χ2n) is 10.4. The number of nitrogens with one attached hydrogen (secondary N) is 1. The van der Waals surface area contributed by atoms with Crippen LogP contribution in [0.2, 0.25) is 0 Å². The number of rotatable bonds is 10. The highest BCUT2D eigenvalue weighted by molar-refractivity contribution is 7.92. The van der Waals surface area contributed by atoms with Crippen molar-refractivity contribution in [3.63, 3.8) is 0 Å². The van der Waals surface area contributed by atoms with E-state index in [4.69, 9.17) is 4.74 Å². The van der Waals surface area contributed by atoms with Crippen LogP contribution >= 0.6 is 0 Å². The largest absolute Gasteiger partial charge is 0.497 e. The maximum Gasteiger partial charge on any atom is 0.264 e. The van der Waals surface area contributed by atoms with E-state index >= 15 is 0 Å². The van der Waals surface area contributed by atoms with Crippen LogP contribution < -0.4 is 14.4 Å². The van der Waals surface area contributed by atoms with Crippen LogP contribution in [0.25, 0.3) is 0 Å². The molecule has 0 radical (unpaired) electrons. The Labute approximate surface area is 231 Å². The van der Waals surface area contributed by atoms with Gasteiger partial charge in [0.05, 0.1) is 17.7 Å². The standard InChI is InChI=1S/C30H37N3O5S/c1-22-12-10-11-13-24(22)20-32(23(2)29(35)31-30(3,4)5)28(34)21-33(25-16-18-26(38-6)19-17-25)39(36,37)27-14-8-7-9-15-27/h7-19,23H,20-21H2,1-6H3,(H,31,35)/t23-/m1/s1. The summed E-state index contributed by atoms with van der Waals surface area (Å²) in [6.45, 7) is 8.83. The van der Waals surface area contributed by atoms with Gasteiger partial charge in [-0.15, -0.1) is 0 Å². The molecule has 1 N–H and O–H groups in total. The summed E-state index contributed by atoms with van der Waals surface area (Å²) in [6, 6.07) is 21.2. The number of aryl methyl sites for hydroxylation is 1. The van der Waals surface area contributed by atoms with Crippen LogP contribution in [0.15, 0.2) is 83.8 Å². The molecule has 0 saturated carbocycles. The Morgan fingerprint density at radius 3 is 2.08 bits per heavy atom. The lowest BCUT2D eigenvalue weighted by atomic mass is 10.1. The summed E-state index contributed by atoms with van der Waals surface area (Å²) in [5.74, 6) is -0.285. The van der Waals surface area contributed by atoms with Crippen molar-refractivity contribution in [3.05, 3.63) is 90.0 Å². The molecule has 3 aromatic rings. The van der Waals surface area contributed by atoms with E-state index in [2.05, 4.69) is 5.32 Å². The van der Waals surface area contributed by atoms with Gasteiger partial charge in [-0.3, -0.25) is 13.9 Å². The number of carbonyl (C=O) groups excluding carboxylic acids is 2. The van der Waals surface area contributed by atoms with Crippen molar-refractivity contribution in [3.8, 4) is 5.75 Å². The Kier molecular flexibility index (Phi) is 9.40. The molecule has 3 rings (SSSR count). The SMILES string of the molecule is COc1ccc(N(CC(=O)N(Cc2ccccc2C)[C@H](C)C(=O)NC(C)(C)C)S(=O)(=O)c2ccccc2)cc1. The number of nitrogens with zero attached hydrogens (tertiary/aromatic N) is 2. The highest BCUT2D eigenvalue weighted by atomic mass is 32.2. The molecule has 208 valence electrons. The van der Waals surface area contributed by atoms with Gasteiger partial charge < -0.3 is 15.0 Å². The smallest absolute Gasteiger partial charge is 0.264 e. The van der Waals surface area contributed by atoms with Gasteiger partial charge in [0.2, 0.25) is 11.8 Å². The van der Waals surface area contributed by atoms with E-state index in [-0.39, 0.29) is 17.3 Å². The molecule has 8 nitrogen and oxygen atoms in total. The number of hydrogen-bond donors (Lipinski definition) is 1. The maximum absolute atomic E-state index is 14.0. The zero-order chi connectivity index (χ0) is 28.8. The van der Waals surface area contributed by atoms with E-state index in [1.165, 1.54) is 24.1 Å². The van der Waals surface area contributed by atoms with E-state index in [1.807, 2.05) is 52.0 Å². The van der Waals surface area contributed by atoms with Gasteiger partial charge in [0.1, 0.15) is 18.3 Å². The van der Waals surface area contributed by atoms with Gasteiger partial charge in [-0.1, -0.05) is 42.5 Å². The predicted molar refractivity (Wildman–Crippen MR) is 153 cm³/mol. The first kappa shape index (κ1) is 29.7. The lowest BCUT2D eigenvalue weighted by Crippen LogP contribution is -2.54. The van der Waals surface area contributed by atoms with E-state index in [0.29, 0.717) is 11.4 Å². The highest BCUT2D eigenvalue weighted by Gasteiger charge is 2.33. The summed E-state index contributed by atoms with van der Waals surface area (Å²) in [5, 5.41) is 2.93. The van der Waals surface area contributed by atoms with Crippen LogP contribution in [0.4, 0.5) is 5.69 Å². The molecule has 0 saturated heterocycles. The summed E-state index contributed by atoms with van der Waals surface area (Å²) in [6.07, 6.45) is 0. The predicted octanol–water partition coefficient (Wildman–Crippen LogP) is 4.53. The fourth-order valence-corrected chi connectivity index (χ4v) is 5.46. The minimum Gasteiger partial charge on any atom is -0.497 e. The van der Waals surface area contributed by atoms with E-state index in [0.717, 1.165) is 15.4 Å². The first-order valence-corrected chi connectivity index (χ1v) is 14.2. The molecule has 0 aliphatic rings. The molecule has 3 aromatic carbocycles. The summed E-state index contributed by atoms with van der Waals surface area (Å²) in [5.41, 5.74) is 1.62. The second-order valence-corrected chi connectivity index (χ2v) is 12.2. The zero-order valence-corrected chi connectivity index (χ0v) is 24.2. The van der Waals surface area contributed by atoms with Gasteiger partial charge in [-0.25, -0.2) is 8.42 Å². The topological polar surface area (TPSA) is 96.0 Å². The first-order valence-electron chi connectivity index (χ1n) is 12.7. The molecule has 0 aromatic heterocycles. The second kappa shape index (κ2) is 12.3. The lowest BCUT2D eigenvalue weighted by Gasteiger charge is -2.33. The number of methoxy groups -OCH3 is 1. The van der Waals surface area contributed by atoms with Crippen molar-refractivity contribution in [2.75, 3.05) is 18.0 Å². The molecule has 0 aliphatic heterocycles. The minimum atomic E-state index is -4.11. The number of ether oxygens (including phenoxy) is 1. The van der Waals surface area contributed by atoms with Gasteiger partial charge in [0.15, 0.2) is 0 Å². The van der Waals surface area contributed by atoms with Crippen LogP contribution in [-0.2, 0) is 26.2 Å².